The molecule has 1 N–H and O–H groups in total. The van der Waals surface area contributed by atoms with Gasteiger partial charge >= 0.3 is 6.01 Å². The highest BCUT2D eigenvalue weighted by molar-refractivity contribution is 7.90. The fraction of sp³-hybridized carbons (Fsp3) is 0.250. The topological polar surface area (TPSA) is 102 Å². The Morgan fingerprint density at radius 2 is 1.75 bits per heavy atom. The van der Waals surface area contributed by atoms with E-state index in [-0.39, 0.29) is 16.5 Å². The first-order chi connectivity index (χ1) is 13.2. The molecule has 7 nitrogen and oxygen atoms in total. The molecule has 0 fully saturated rings. The molecule has 0 aliphatic carbocycles. The Kier molecular flexibility index (Phi) is 5.60. The zero-order valence-corrected chi connectivity index (χ0v) is 16.7. The number of hydrogen-bond acceptors (Lipinski definition) is 6. The molecule has 3 aromatic rings. The number of amides is 1. The molecule has 0 unspecified atom stereocenters. The predicted molar refractivity (Wildman–Crippen MR) is 105 cm³/mol. The van der Waals surface area contributed by atoms with Gasteiger partial charge in [0.25, 0.3) is 5.91 Å². The summed E-state index contributed by atoms with van der Waals surface area (Å²) < 4.78 is 29.2. The summed E-state index contributed by atoms with van der Waals surface area (Å²) in [6, 6.07) is 14.0. The minimum absolute atomic E-state index is 0.0222. The third-order valence-corrected chi connectivity index (χ3v) is 5.38. The highest BCUT2D eigenvalue weighted by Gasteiger charge is 2.20. The summed E-state index contributed by atoms with van der Waals surface area (Å²) in [4.78, 5) is 12.4. The molecule has 1 amide bonds. The standard InChI is InChI=1S/C20H21N3O4S/c1-13(2)15-10-8-14(9-11-15)12-18-22-23-20(27-18)21-19(24)16-6-4-5-7-17(16)28(3,25)26/h4-11,13H,12H2,1-3H3,(H,21,23,24). The van der Waals surface area contributed by atoms with Gasteiger partial charge in [-0.25, -0.2) is 8.42 Å². The molecule has 3 rings (SSSR count). The smallest absolute Gasteiger partial charge is 0.322 e. The number of nitrogens with one attached hydrogen (secondary N) is 1. The zero-order chi connectivity index (χ0) is 20.3. The average molecular weight is 399 g/mol. The summed E-state index contributed by atoms with van der Waals surface area (Å²) in [5.41, 5.74) is 2.27. The quantitative estimate of drug-likeness (QED) is 0.681. The predicted octanol–water partition coefficient (Wildman–Crippen LogP) is 3.44. The fourth-order valence-corrected chi connectivity index (χ4v) is 3.60. The third-order valence-electron chi connectivity index (χ3n) is 4.22. The van der Waals surface area contributed by atoms with Crippen LogP contribution in [0, 0.1) is 0 Å². The lowest BCUT2D eigenvalue weighted by atomic mass is 10.0. The van der Waals surface area contributed by atoms with Gasteiger partial charge in [0.1, 0.15) is 0 Å². The SMILES string of the molecule is CC(C)c1ccc(Cc2nnc(NC(=O)c3ccccc3S(C)(=O)=O)o2)cc1. The molecule has 2 aromatic carbocycles. The maximum Gasteiger partial charge on any atom is 0.322 e. The van der Waals surface area contributed by atoms with Crippen molar-refractivity contribution in [3.8, 4) is 0 Å². The Labute approximate surface area is 163 Å². The molecule has 0 saturated heterocycles. The Bertz CT molecular complexity index is 1090. The van der Waals surface area contributed by atoms with Crippen molar-refractivity contribution in [1.82, 2.24) is 10.2 Å². The number of rotatable bonds is 6. The van der Waals surface area contributed by atoms with E-state index in [0.29, 0.717) is 18.2 Å². The fourth-order valence-electron chi connectivity index (χ4n) is 2.71. The molecule has 0 radical (unpaired) electrons. The number of benzene rings is 2. The lowest BCUT2D eigenvalue weighted by Gasteiger charge is -2.06. The van der Waals surface area contributed by atoms with Crippen molar-refractivity contribution in [2.45, 2.75) is 31.1 Å². The summed E-state index contributed by atoms with van der Waals surface area (Å²) in [5, 5.41) is 10.2. The Balaban J connectivity index is 1.72. The summed E-state index contributed by atoms with van der Waals surface area (Å²) in [5.74, 6) is 0.176. The van der Waals surface area contributed by atoms with Crippen LogP contribution in [0.3, 0.4) is 0 Å². The van der Waals surface area contributed by atoms with Crippen LogP contribution in [0.4, 0.5) is 6.01 Å². The van der Waals surface area contributed by atoms with E-state index in [1.165, 1.54) is 17.7 Å². The number of hydrogen-bond donors (Lipinski definition) is 1. The highest BCUT2D eigenvalue weighted by atomic mass is 32.2. The molecule has 0 spiro atoms. The highest BCUT2D eigenvalue weighted by Crippen LogP contribution is 2.19. The van der Waals surface area contributed by atoms with Crippen LogP contribution in [0.5, 0.6) is 0 Å². The van der Waals surface area contributed by atoms with Gasteiger partial charge in [0.05, 0.1) is 16.9 Å². The van der Waals surface area contributed by atoms with E-state index in [1.54, 1.807) is 12.1 Å². The number of anilines is 1. The first-order valence-corrected chi connectivity index (χ1v) is 10.6. The van der Waals surface area contributed by atoms with E-state index in [9.17, 15) is 13.2 Å². The number of aromatic nitrogens is 2. The molecule has 28 heavy (non-hydrogen) atoms. The van der Waals surface area contributed by atoms with Crippen LogP contribution in [-0.4, -0.2) is 30.8 Å². The van der Waals surface area contributed by atoms with Crippen LogP contribution in [0.1, 0.15) is 47.1 Å². The summed E-state index contributed by atoms with van der Waals surface area (Å²) >= 11 is 0. The molecule has 0 aliphatic heterocycles. The van der Waals surface area contributed by atoms with Crippen molar-refractivity contribution >= 4 is 21.8 Å². The molecule has 1 aromatic heterocycles. The van der Waals surface area contributed by atoms with Crippen LogP contribution >= 0.6 is 0 Å². The van der Waals surface area contributed by atoms with E-state index < -0.39 is 15.7 Å². The lowest BCUT2D eigenvalue weighted by Crippen LogP contribution is -2.16. The largest absolute Gasteiger partial charge is 0.407 e. The molecule has 0 atom stereocenters. The number of carbonyl (C=O) groups is 1. The van der Waals surface area contributed by atoms with E-state index >= 15 is 0 Å². The van der Waals surface area contributed by atoms with Crippen molar-refractivity contribution in [2.75, 3.05) is 11.6 Å². The average Bonchev–Trinajstić information content (AvgIpc) is 3.08. The maximum atomic E-state index is 12.4. The van der Waals surface area contributed by atoms with Gasteiger partial charge < -0.3 is 4.42 Å². The Hall–Kier alpha value is -3.00. The molecular weight excluding hydrogens is 378 g/mol. The van der Waals surface area contributed by atoms with Gasteiger partial charge in [-0.05, 0) is 29.2 Å². The number of sulfone groups is 1. The minimum Gasteiger partial charge on any atom is -0.407 e. The van der Waals surface area contributed by atoms with Crippen LogP contribution in [0.15, 0.2) is 57.8 Å². The summed E-state index contributed by atoms with van der Waals surface area (Å²) in [6.45, 7) is 4.26. The summed E-state index contributed by atoms with van der Waals surface area (Å²) in [6.07, 6.45) is 1.48. The molecule has 8 heteroatoms. The van der Waals surface area contributed by atoms with Crippen molar-refractivity contribution in [2.24, 2.45) is 0 Å². The first-order valence-electron chi connectivity index (χ1n) is 8.75. The van der Waals surface area contributed by atoms with Crippen LogP contribution < -0.4 is 5.32 Å². The van der Waals surface area contributed by atoms with Gasteiger partial charge in [0.2, 0.25) is 5.89 Å². The van der Waals surface area contributed by atoms with E-state index in [0.717, 1.165) is 11.8 Å². The van der Waals surface area contributed by atoms with Gasteiger partial charge in [-0.1, -0.05) is 55.3 Å². The lowest BCUT2D eigenvalue weighted by molar-refractivity contribution is 0.102. The van der Waals surface area contributed by atoms with Crippen molar-refractivity contribution in [3.63, 3.8) is 0 Å². The van der Waals surface area contributed by atoms with E-state index in [4.69, 9.17) is 4.42 Å². The molecular formula is C20H21N3O4S. The molecule has 146 valence electrons. The number of nitrogens with zero attached hydrogens (tertiary/aromatic N) is 2. The maximum absolute atomic E-state index is 12.4. The first kappa shape index (κ1) is 19.8. The van der Waals surface area contributed by atoms with E-state index in [1.807, 2.05) is 12.1 Å². The van der Waals surface area contributed by atoms with Gasteiger partial charge in [-0.2, -0.15) is 0 Å². The Morgan fingerprint density at radius 1 is 1.07 bits per heavy atom. The Morgan fingerprint density at radius 3 is 2.39 bits per heavy atom. The van der Waals surface area contributed by atoms with Gasteiger partial charge in [-0.3, -0.25) is 10.1 Å². The van der Waals surface area contributed by atoms with Crippen molar-refractivity contribution in [1.29, 1.82) is 0 Å². The molecule has 1 heterocycles. The second-order valence-electron chi connectivity index (χ2n) is 6.80. The van der Waals surface area contributed by atoms with Gasteiger partial charge in [-0.15, -0.1) is 5.10 Å². The summed E-state index contributed by atoms with van der Waals surface area (Å²) in [7, 11) is -3.54. The van der Waals surface area contributed by atoms with Crippen LogP contribution in [-0.2, 0) is 16.3 Å². The second kappa shape index (κ2) is 7.93. The molecule has 0 saturated carbocycles. The van der Waals surface area contributed by atoms with Crippen molar-refractivity contribution in [3.05, 3.63) is 71.1 Å². The zero-order valence-electron chi connectivity index (χ0n) is 15.8. The number of carbonyl (C=O) groups excluding carboxylic acids is 1. The normalized spacial score (nSPS) is 11.6. The van der Waals surface area contributed by atoms with Crippen LogP contribution in [0.2, 0.25) is 0 Å². The third kappa shape index (κ3) is 4.64. The monoisotopic (exact) mass is 399 g/mol. The molecule has 0 aliphatic rings. The second-order valence-corrected chi connectivity index (χ2v) is 8.78. The van der Waals surface area contributed by atoms with Crippen LogP contribution in [0.25, 0.3) is 0 Å². The minimum atomic E-state index is -3.54. The van der Waals surface area contributed by atoms with Gasteiger partial charge in [0.15, 0.2) is 9.84 Å². The van der Waals surface area contributed by atoms with E-state index in [2.05, 4.69) is 41.5 Å². The van der Waals surface area contributed by atoms with Gasteiger partial charge in [0, 0.05) is 6.26 Å². The molecule has 0 bridgehead atoms. The van der Waals surface area contributed by atoms with Crippen molar-refractivity contribution < 1.29 is 17.6 Å².